The van der Waals surface area contributed by atoms with Crippen LogP contribution >= 0.6 is 0 Å². The fraction of sp³-hybridized carbons (Fsp3) is 0.458. The molecule has 4 rings (SSSR count). The fourth-order valence-corrected chi connectivity index (χ4v) is 4.75. The Bertz CT molecular complexity index is 911. The minimum Gasteiger partial charge on any atom is -0.339 e. The van der Waals surface area contributed by atoms with Crippen LogP contribution in [0.1, 0.15) is 47.2 Å². The number of carbonyl (C=O) groups is 1. The number of hydrogen-bond acceptors (Lipinski definition) is 2. The van der Waals surface area contributed by atoms with Gasteiger partial charge in [-0.25, -0.2) is 0 Å². The summed E-state index contributed by atoms with van der Waals surface area (Å²) in [5, 5.41) is 0. The van der Waals surface area contributed by atoms with Crippen LogP contribution in [-0.2, 0) is 6.18 Å². The van der Waals surface area contributed by atoms with E-state index in [2.05, 4.69) is 4.90 Å². The Balaban J connectivity index is 1.53. The molecule has 0 unspecified atom stereocenters. The summed E-state index contributed by atoms with van der Waals surface area (Å²) in [5.74, 6) is -0.0267. The van der Waals surface area contributed by atoms with Gasteiger partial charge in [-0.15, -0.1) is 0 Å². The molecule has 0 N–H and O–H groups in total. The third kappa shape index (κ3) is 4.24. The molecule has 0 spiro atoms. The van der Waals surface area contributed by atoms with Gasteiger partial charge in [-0.1, -0.05) is 24.3 Å². The van der Waals surface area contributed by atoms with E-state index in [9.17, 15) is 18.0 Å². The van der Waals surface area contributed by atoms with Crippen molar-refractivity contribution in [3.05, 3.63) is 59.2 Å². The van der Waals surface area contributed by atoms with Crippen LogP contribution in [0, 0.1) is 6.92 Å². The van der Waals surface area contributed by atoms with E-state index in [1.54, 1.807) is 24.3 Å². The molecular formula is C24H27F3N2O. The predicted molar refractivity (Wildman–Crippen MR) is 111 cm³/mol. The van der Waals surface area contributed by atoms with Crippen LogP contribution in [0.5, 0.6) is 0 Å². The summed E-state index contributed by atoms with van der Waals surface area (Å²) in [6, 6.07) is 11.2. The monoisotopic (exact) mass is 416 g/mol. The summed E-state index contributed by atoms with van der Waals surface area (Å²) >= 11 is 0. The zero-order valence-electron chi connectivity index (χ0n) is 17.2. The molecule has 0 aliphatic carbocycles. The Morgan fingerprint density at radius 3 is 2.30 bits per heavy atom. The van der Waals surface area contributed by atoms with E-state index in [0.29, 0.717) is 22.7 Å². The number of amides is 1. The Morgan fingerprint density at radius 1 is 0.967 bits per heavy atom. The van der Waals surface area contributed by atoms with Crippen molar-refractivity contribution in [2.45, 2.75) is 44.8 Å². The van der Waals surface area contributed by atoms with Crippen LogP contribution in [-0.4, -0.2) is 47.9 Å². The number of rotatable bonds is 3. The number of piperidine rings is 1. The Morgan fingerprint density at radius 2 is 1.63 bits per heavy atom. The molecule has 1 amide bonds. The summed E-state index contributed by atoms with van der Waals surface area (Å²) in [4.78, 5) is 17.6. The van der Waals surface area contributed by atoms with E-state index in [1.165, 1.54) is 18.9 Å². The lowest BCUT2D eigenvalue weighted by Gasteiger charge is -2.37. The molecule has 3 nitrogen and oxygen atoms in total. The van der Waals surface area contributed by atoms with Gasteiger partial charge in [0, 0.05) is 24.7 Å². The number of alkyl halides is 3. The first-order valence-electron chi connectivity index (χ1n) is 10.6. The second kappa shape index (κ2) is 8.42. The summed E-state index contributed by atoms with van der Waals surface area (Å²) in [5.41, 5.74) is 1.76. The van der Waals surface area contributed by atoms with Crippen LogP contribution in [0.15, 0.2) is 42.5 Å². The maximum absolute atomic E-state index is 13.2. The van der Waals surface area contributed by atoms with Gasteiger partial charge in [0.05, 0.1) is 5.56 Å². The molecule has 30 heavy (non-hydrogen) atoms. The van der Waals surface area contributed by atoms with Crippen molar-refractivity contribution in [3.63, 3.8) is 0 Å². The van der Waals surface area contributed by atoms with Crippen molar-refractivity contribution in [1.82, 2.24) is 9.80 Å². The Hall–Kier alpha value is -2.34. The lowest BCUT2D eigenvalue weighted by molar-refractivity contribution is -0.137. The molecule has 2 aromatic carbocycles. The minimum absolute atomic E-state index is 0.0267. The van der Waals surface area contributed by atoms with Crippen LogP contribution < -0.4 is 0 Å². The Kier molecular flexibility index (Phi) is 5.87. The molecule has 2 aromatic rings. The largest absolute Gasteiger partial charge is 0.416 e. The lowest BCUT2D eigenvalue weighted by atomic mass is 9.94. The average Bonchev–Trinajstić information content (AvgIpc) is 3.28. The fourth-order valence-electron chi connectivity index (χ4n) is 4.75. The molecule has 2 fully saturated rings. The van der Waals surface area contributed by atoms with Crippen LogP contribution in [0.2, 0.25) is 0 Å². The zero-order valence-corrected chi connectivity index (χ0v) is 17.2. The molecule has 2 aliphatic heterocycles. The van der Waals surface area contributed by atoms with Crippen molar-refractivity contribution in [2.24, 2.45) is 0 Å². The van der Waals surface area contributed by atoms with Crippen molar-refractivity contribution in [1.29, 1.82) is 0 Å². The molecule has 2 aliphatic rings. The first kappa shape index (κ1) is 20.9. The first-order chi connectivity index (χ1) is 14.3. The van der Waals surface area contributed by atoms with Gasteiger partial charge in [-0.05, 0) is 80.6 Å². The molecule has 0 aromatic heterocycles. The topological polar surface area (TPSA) is 23.6 Å². The Labute approximate surface area is 175 Å². The number of hydrogen-bond donors (Lipinski definition) is 0. The molecule has 0 saturated carbocycles. The van der Waals surface area contributed by atoms with Gasteiger partial charge < -0.3 is 9.80 Å². The average molecular weight is 416 g/mol. The first-order valence-corrected chi connectivity index (χ1v) is 10.6. The highest BCUT2D eigenvalue weighted by Crippen LogP contribution is 2.34. The van der Waals surface area contributed by atoms with E-state index < -0.39 is 11.7 Å². The van der Waals surface area contributed by atoms with Gasteiger partial charge >= 0.3 is 6.18 Å². The number of likely N-dealkylation sites (tertiary alicyclic amines) is 2. The van der Waals surface area contributed by atoms with Gasteiger partial charge in [0.2, 0.25) is 0 Å². The van der Waals surface area contributed by atoms with Crippen molar-refractivity contribution >= 4 is 5.91 Å². The van der Waals surface area contributed by atoms with Gasteiger partial charge in [0.25, 0.3) is 5.91 Å². The van der Waals surface area contributed by atoms with Gasteiger partial charge in [-0.3, -0.25) is 4.79 Å². The van der Waals surface area contributed by atoms with E-state index in [-0.39, 0.29) is 5.91 Å². The van der Waals surface area contributed by atoms with Crippen LogP contribution in [0.3, 0.4) is 0 Å². The van der Waals surface area contributed by atoms with Crippen LogP contribution in [0.4, 0.5) is 13.2 Å². The van der Waals surface area contributed by atoms with E-state index in [4.69, 9.17) is 0 Å². The predicted octanol–water partition coefficient (Wildman–Crippen LogP) is 5.38. The van der Waals surface area contributed by atoms with Gasteiger partial charge in [-0.2, -0.15) is 13.2 Å². The maximum Gasteiger partial charge on any atom is 0.416 e. The summed E-state index contributed by atoms with van der Waals surface area (Å²) < 4.78 is 39.3. The molecule has 6 heteroatoms. The SMILES string of the molecule is Cc1c(C(=O)N2CCC(N3CCCC3)CC2)cccc1-c1cccc(C(F)(F)F)c1. The lowest BCUT2D eigenvalue weighted by Crippen LogP contribution is -2.46. The number of benzene rings is 2. The summed E-state index contributed by atoms with van der Waals surface area (Å²) in [6.07, 6.45) is 0.106. The van der Waals surface area contributed by atoms with Crippen molar-refractivity contribution < 1.29 is 18.0 Å². The van der Waals surface area contributed by atoms with E-state index in [0.717, 1.165) is 56.7 Å². The number of nitrogens with zero attached hydrogens (tertiary/aromatic N) is 2. The third-order valence-corrected chi connectivity index (χ3v) is 6.47. The molecule has 160 valence electrons. The minimum atomic E-state index is -4.39. The van der Waals surface area contributed by atoms with Crippen molar-refractivity contribution in [3.8, 4) is 11.1 Å². The molecule has 0 bridgehead atoms. The highest BCUT2D eigenvalue weighted by atomic mass is 19.4. The summed E-state index contributed by atoms with van der Waals surface area (Å²) in [6.45, 7) is 5.60. The zero-order chi connectivity index (χ0) is 21.3. The molecule has 0 radical (unpaired) electrons. The highest BCUT2D eigenvalue weighted by Gasteiger charge is 2.31. The maximum atomic E-state index is 13.2. The summed E-state index contributed by atoms with van der Waals surface area (Å²) in [7, 11) is 0. The third-order valence-electron chi connectivity index (χ3n) is 6.47. The quantitative estimate of drug-likeness (QED) is 0.671. The van der Waals surface area contributed by atoms with E-state index >= 15 is 0 Å². The molecule has 0 atom stereocenters. The smallest absolute Gasteiger partial charge is 0.339 e. The highest BCUT2D eigenvalue weighted by molar-refractivity contribution is 5.97. The normalized spacial score (nSPS) is 18.7. The number of carbonyl (C=O) groups excluding carboxylic acids is 1. The molecule has 2 heterocycles. The number of halogens is 3. The van der Waals surface area contributed by atoms with Crippen molar-refractivity contribution in [2.75, 3.05) is 26.2 Å². The van der Waals surface area contributed by atoms with E-state index in [1.807, 2.05) is 11.8 Å². The molecule has 2 saturated heterocycles. The molecular weight excluding hydrogens is 389 g/mol. The van der Waals surface area contributed by atoms with Crippen LogP contribution in [0.25, 0.3) is 11.1 Å². The standard InChI is InChI=1S/C24H27F3N2O/c1-17-21(18-6-4-7-19(16-18)24(25,26)27)8-5-9-22(17)23(30)29-14-10-20(11-15-29)28-12-2-3-13-28/h4-9,16,20H,2-3,10-15H2,1H3. The second-order valence-corrected chi connectivity index (χ2v) is 8.32. The second-order valence-electron chi connectivity index (χ2n) is 8.32. The van der Waals surface area contributed by atoms with Gasteiger partial charge in [0.1, 0.15) is 0 Å². The van der Waals surface area contributed by atoms with Gasteiger partial charge in [0.15, 0.2) is 0 Å².